The molecule has 0 aromatic carbocycles. The average Bonchev–Trinajstić information content (AvgIpc) is 3.14. The van der Waals surface area contributed by atoms with Crippen molar-refractivity contribution in [3.05, 3.63) is 18.1 Å². The quantitative estimate of drug-likeness (QED) is 0.813. The summed E-state index contributed by atoms with van der Waals surface area (Å²) in [5.74, 6) is 6.56. The van der Waals surface area contributed by atoms with Gasteiger partial charge in [0.1, 0.15) is 17.8 Å². The highest BCUT2D eigenvalue weighted by Crippen LogP contribution is 2.35. The highest BCUT2D eigenvalue weighted by atomic mass is 16.5. The first-order valence-corrected chi connectivity index (χ1v) is 9.64. The van der Waals surface area contributed by atoms with Crippen LogP contribution in [0.4, 0.5) is 5.82 Å². The standard InChI is InChI=1S/C20H25N5O2/c1-2-4-17(26)25-8-3-5-15(12-25)24-20-18-16(14-6-9-27-10-7-14)11-21-19(18)22-13-23-20/h11,13-15H,3,5-10,12H2,1H3,(H2,21,22,23,24)/t15-/m1/s1. The van der Waals surface area contributed by atoms with Crippen molar-refractivity contribution in [1.82, 2.24) is 19.9 Å². The van der Waals surface area contributed by atoms with E-state index >= 15 is 0 Å². The summed E-state index contributed by atoms with van der Waals surface area (Å²) in [4.78, 5) is 26.2. The van der Waals surface area contributed by atoms with Crippen LogP contribution in [0.2, 0.25) is 0 Å². The van der Waals surface area contributed by atoms with Crippen molar-refractivity contribution >= 4 is 22.8 Å². The third kappa shape index (κ3) is 3.76. The topological polar surface area (TPSA) is 83.1 Å². The van der Waals surface area contributed by atoms with Gasteiger partial charge in [0.25, 0.3) is 5.91 Å². The zero-order chi connectivity index (χ0) is 18.6. The second kappa shape index (κ2) is 7.97. The average molecular weight is 367 g/mol. The third-order valence-corrected chi connectivity index (χ3v) is 5.44. The Morgan fingerprint density at radius 2 is 2.19 bits per heavy atom. The van der Waals surface area contributed by atoms with Crippen molar-refractivity contribution in [3.63, 3.8) is 0 Å². The molecule has 2 saturated heterocycles. The number of rotatable bonds is 3. The fourth-order valence-corrected chi connectivity index (χ4v) is 4.09. The molecule has 0 saturated carbocycles. The number of amides is 1. The number of piperidine rings is 1. The van der Waals surface area contributed by atoms with Crippen molar-refractivity contribution < 1.29 is 9.53 Å². The number of carbonyl (C=O) groups is 1. The predicted octanol–water partition coefficient (Wildman–Crippen LogP) is 2.28. The van der Waals surface area contributed by atoms with Crippen molar-refractivity contribution in [2.75, 3.05) is 31.6 Å². The first kappa shape index (κ1) is 17.8. The van der Waals surface area contributed by atoms with Gasteiger partial charge in [0.15, 0.2) is 0 Å². The van der Waals surface area contributed by atoms with Crippen molar-refractivity contribution in [3.8, 4) is 11.8 Å². The zero-order valence-corrected chi connectivity index (χ0v) is 15.6. The smallest absolute Gasteiger partial charge is 0.298 e. The first-order chi connectivity index (χ1) is 13.3. The predicted molar refractivity (Wildman–Crippen MR) is 103 cm³/mol. The largest absolute Gasteiger partial charge is 0.381 e. The molecule has 2 aliphatic rings. The summed E-state index contributed by atoms with van der Waals surface area (Å²) in [6.45, 7) is 4.70. The number of fused-ring (bicyclic) bond motifs is 1. The molecule has 2 aliphatic heterocycles. The molecule has 27 heavy (non-hydrogen) atoms. The molecule has 0 radical (unpaired) electrons. The van der Waals surface area contributed by atoms with Gasteiger partial charge in [-0.3, -0.25) is 4.79 Å². The maximum atomic E-state index is 12.1. The molecule has 2 N–H and O–H groups in total. The molecule has 4 heterocycles. The van der Waals surface area contributed by atoms with E-state index in [9.17, 15) is 4.79 Å². The van der Waals surface area contributed by atoms with E-state index in [0.29, 0.717) is 12.5 Å². The van der Waals surface area contributed by atoms with E-state index in [1.165, 1.54) is 5.56 Å². The number of anilines is 1. The number of carbonyl (C=O) groups excluding carboxylic acids is 1. The van der Waals surface area contributed by atoms with Gasteiger partial charge in [0.2, 0.25) is 0 Å². The number of aromatic amines is 1. The Hall–Kier alpha value is -2.59. The molecule has 2 aromatic rings. The van der Waals surface area contributed by atoms with Crippen molar-refractivity contribution in [2.24, 2.45) is 0 Å². The van der Waals surface area contributed by atoms with Gasteiger partial charge in [0, 0.05) is 38.5 Å². The molecular formula is C20H25N5O2. The van der Waals surface area contributed by atoms with E-state index in [0.717, 1.165) is 62.3 Å². The highest BCUT2D eigenvalue weighted by molar-refractivity contribution is 5.94. The third-order valence-electron chi connectivity index (χ3n) is 5.44. The summed E-state index contributed by atoms with van der Waals surface area (Å²) in [5, 5.41) is 4.64. The summed E-state index contributed by atoms with van der Waals surface area (Å²) >= 11 is 0. The Morgan fingerprint density at radius 1 is 1.33 bits per heavy atom. The van der Waals surface area contributed by atoms with Gasteiger partial charge >= 0.3 is 0 Å². The molecule has 0 spiro atoms. The number of nitrogens with zero attached hydrogens (tertiary/aromatic N) is 3. The Kier molecular flexibility index (Phi) is 5.26. The highest BCUT2D eigenvalue weighted by Gasteiger charge is 2.26. The first-order valence-electron chi connectivity index (χ1n) is 9.64. The normalized spacial score (nSPS) is 20.9. The second-order valence-electron chi connectivity index (χ2n) is 7.19. The fourth-order valence-electron chi connectivity index (χ4n) is 4.09. The van der Waals surface area contributed by atoms with E-state index in [2.05, 4.69) is 38.3 Å². The minimum absolute atomic E-state index is 0.0960. The lowest BCUT2D eigenvalue weighted by Crippen LogP contribution is -2.44. The zero-order valence-electron chi connectivity index (χ0n) is 15.6. The van der Waals surface area contributed by atoms with Crippen LogP contribution in [0.25, 0.3) is 11.0 Å². The lowest BCUT2D eigenvalue weighted by molar-refractivity contribution is -0.126. The summed E-state index contributed by atoms with van der Waals surface area (Å²) in [6, 6.07) is 0.164. The van der Waals surface area contributed by atoms with Crippen LogP contribution in [0.15, 0.2) is 12.5 Å². The number of hydrogen-bond donors (Lipinski definition) is 2. The van der Waals surface area contributed by atoms with E-state index < -0.39 is 0 Å². The minimum Gasteiger partial charge on any atom is -0.381 e. The van der Waals surface area contributed by atoms with Crippen LogP contribution >= 0.6 is 0 Å². The van der Waals surface area contributed by atoms with Gasteiger partial charge in [-0.25, -0.2) is 9.97 Å². The van der Waals surface area contributed by atoms with Crippen LogP contribution in [-0.2, 0) is 9.53 Å². The van der Waals surface area contributed by atoms with E-state index in [4.69, 9.17) is 4.74 Å². The van der Waals surface area contributed by atoms with E-state index in [1.807, 2.05) is 4.90 Å². The van der Waals surface area contributed by atoms with Crippen LogP contribution < -0.4 is 5.32 Å². The van der Waals surface area contributed by atoms with Crippen molar-refractivity contribution in [2.45, 2.75) is 44.6 Å². The van der Waals surface area contributed by atoms with Crippen LogP contribution in [0.1, 0.15) is 44.1 Å². The lowest BCUT2D eigenvalue weighted by Gasteiger charge is -2.32. The fraction of sp³-hybridized carbons (Fsp3) is 0.550. The van der Waals surface area contributed by atoms with Gasteiger partial charge in [-0.1, -0.05) is 5.92 Å². The maximum Gasteiger partial charge on any atom is 0.298 e. The van der Waals surface area contributed by atoms with Gasteiger partial charge in [0.05, 0.1) is 5.39 Å². The minimum atomic E-state index is -0.0960. The molecule has 0 aliphatic carbocycles. The summed E-state index contributed by atoms with van der Waals surface area (Å²) in [5.41, 5.74) is 2.12. The van der Waals surface area contributed by atoms with Crippen LogP contribution in [0.5, 0.6) is 0 Å². The Morgan fingerprint density at radius 3 is 3.00 bits per heavy atom. The number of H-pyrrole nitrogens is 1. The molecule has 1 atom stereocenters. The monoisotopic (exact) mass is 367 g/mol. The summed E-state index contributed by atoms with van der Waals surface area (Å²) in [7, 11) is 0. The van der Waals surface area contributed by atoms with Crippen molar-refractivity contribution in [1.29, 1.82) is 0 Å². The number of ether oxygens (including phenoxy) is 1. The molecule has 1 amide bonds. The SMILES string of the molecule is CC#CC(=O)N1CCC[C@@H](Nc2ncnc3[nH]cc(C4CCOCC4)c23)C1. The summed E-state index contributed by atoms with van der Waals surface area (Å²) in [6.07, 6.45) is 7.65. The maximum absolute atomic E-state index is 12.1. The molecule has 4 rings (SSSR count). The van der Waals surface area contributed by atoms with Gasteiger partial charge in [-0.2, -0.15) is 0 Å². The molecule has 7 nitrogen and oxygen atoms in total. The Balaban J connectivity index is 1.57. The number of hydrogen-bond acceptors (Lipinski definition) is 5. The number of nitrogens with one attached hydrogen (secondary N) is 2. The van der Waals surface area contributed by atoms with E-state index in [-0.39, 0.29) is 11.9 Å². The Labute approximate surface area is 158 Å². The van der Waals surface area contributed by atoms with E-state index in [1.54, 1.807) is 13.3 Å². The summed E-state index contributed by atoms with van der Waals surface area (Å²) < 4.78 is 5.51. The number of likely N-dealkylation sites (tertiary alicyclic amines) is 1. The Bertz CT molecular complexity index is 875. The van der Waals surface area contributed by atoms with Crippen LogP contribution in [0.3, 0.4) is 0 Å². The molecule has 0 bridgehead atoms. The van der Waals surface area contributed by atoms with Crippen LogP contribution in [-0.4, -0.2) is 58.1 Å². The molecule has 7 heteroatoms. The van der Waals surface area contributed by atoms with Gasteiger partial charge in [-0.05, 0) is 50.0 Å². The second-order valence-corrected chi connectivity index (χ2v) is 7.19. The van der Waals surface area contributed by atoms with Gasteiger partial charge < -0.3 is 19.9 Å². The number of aromatic nitrogens is 3. The molecule has 2 aromatic heterocycles. The lowest BCUT2D eigenvalue weighted by atomic mass is 9.92. The molecule has 142 valence electrons. The molecule has 2 fully saturated rings. The van der Waals surface area contributed by atoms with Gasteiger partial charge in [-0.15, -0.1) is 0 Å². The molecule has 0 unspecified atom stereocenters. The molecular weight excluding hydrogens is 342 g/mol. The van der Waals surface area contributed by atoms with Crippen LogP contribution in [0, 0.1) is 11.8 Å².